The lowest BCUT2D eigenvalue weighted by molar-refractivity contribution is -0.201. The number of hydrogen-bond donors (Lipinski definition) is 0. The van der Waals surface area contributed by atoms with Crippen molar-refractivity contribution in [3.05, 3.63) is 71.8 Å². The van der Waals surface area contributed by atoms with Gasteiger partial charge in [-0.2, -0.15) is 0 Å². The molecule has 3 atom stereocenters. The standard InChI is InChI=1S/C25H31NO2/c1-4-20-17-24(5-2,6-3)23(27)26-22(19-13-9-7-10-14-19)18-28-25(20,26)21-15-11-8-12-16-21/h7-16,20,22H,4-6,17-18H2,1-3H3/t20-,22+,25-/m1/s1. The highest BCUT2D eigenvalue weighted by Gasteiger charge is 2.63. The zero-order valence-corrected chi connectivity index (χ0v) is 17.2. The first-order valence-corrected chi connectivity index (χ1v) is 10.7. The third kappa shape index (κ3) is 2.63. The number of benzene rings is 2. The summed E-state index contributed by atoms with van der Waals surface area (Å²) in [6, 6.07) is 20.7. The molecule has 0 aromatic heterocycles. The molecule has 28 heavy (non-hydrogen) atoms. The van der Waals surface area contributed by atoms with Crippen LogP contribution in [0.2, 0.25) is 0 Å². The summed E-state index contributed by atoms with van der Waals surface area (Å²) in [5, 5.41) is 0. The molecule has 0 spiro atoms. The van der Waals surface area contributed by atoms with E-state index in [4.69, 9.17) is 4.74 Å². The van der Waals surface area contributed by atoms with Crippen LogP contribution in [0.4, 0.5) is 0 Å². The van der Waals surface area contributed by atoms with Crippen molar-refractivity contribution in [1.29, 1.82) is 0 Å². The highest BCUT2D eigenvalue weighted by Crippen LogP contribution is 2.58. The fourth-order valence-corrected chi connectivity index (χ4v) is 5.46. The van der Waals surface area contributed by atoms with Crippen LogP contribution in [0, 0.1) is 11.3 Å². The van der Waals surface area contributed by atoms with Gasteiger partial charge in [-0.05, 0) is 31.2 Å². The van der Waals surface area contributed by atoms with E-state index in [1.807, 2.05) is 12.1 Å². The molecule has 2 saturated heterocycles. The van der Waals surface area contributed by atoms with E-state index < -0.39 is 5.72 Å². The van der Waals surface area contributed by atoms with E-state index >= 15 is 0 Å². The molecule has 2 heterocycles. The molecule has 0 radical (unpaired) electrons. The van der Waals surface area contributed by atoms with Crippen LogP contribution in [0.15, 0.2) is 60.7 Å². The third-order valence-electron chi connectivity index (χ3n) is 7.21. The second-order valence-corrected chi connectivity index (χ2v) is 8.27. The van der Waals surface area contributed by atoms with Crippen molar-refractivity contribution in [3.63, 3.8) is 0 Å². The Hall–Kier alpha value is -2.13. The maximum Gasteiger partial charge on any atom is 0.231 e. The first-order valence-electron chi connectivity index (χ1n) is 10.7. The van der Waals surface area contributed by atoms with Gasteiger partial charge in [-0.25, -0.2) is 0 Å². The van der Waals surface area contributed by atoms with Crippen molar-refractivity contribution in [2.45, 2.75) is 58.2 Å². The summed E-state index contributed by atoms with van der Waals surface area (Å²) in [6.45, 7) is 7.11. The van der Waals surface area contributed by atoms with Crippen molar-refractivity contribution in [1.82, 2.24) is 4.90 Å². The zero-order chi connectivity index (χ0) is 19.8. The monoisotopic (exact) mass is 377 g/mol. The minimum absolute atomic E-state index is 0.0410. The predicted octanol–water partition coefficient (Wildman–Crippen LogP) is 5.68. The Bertz CT molecular complexity index is 815. The smallest absolute Gasteiger partial charge is 0.231 e. The normalized spacial score (nSPS) is 29.0. The molecule has 3 heteroatoms. The Kier molecular flexibility index (Phi) is 5.05. The topological polar surface area (TPSA) is 29.5 Å². The number of piperidine rings is 1. The van der Waals surface area contributed by atoms with E-state index in [9.17, 15) is 4.79 Å². The van der Waals surface area contributed by atoms with E-state index in [2.05, 4.69) is 74.2 Å². The summed E-state index contributed by atoms with van der Waals surface area (Å²) < 4.78 is 6.66. The highest BCUT2D eigenvalue weighted by atomic mass is 16.5. The first kappa shape index (κ1) is 19.2. The number of rotatable bonds is 5. The fourth-order valence-electron chi connectivity index (χ4n) is 5.46. The Morgan fingerprint density at radius 1 is 0.964 bits per heavy atom. The van der Waals surface area contributed by atoms with E-state index in [0.29, 0.717) is 6.61 Å². The van der Waals surface area contributed by atoms with Gasteiger partial charge in [0.25, 0.3) is 0 Å². The van der Waals surface area contributed by atoms with E-state index in [0.717, 1.165) is 36.8 Å². The molecule has 2 aliphatic heterocycles. The van der Waals surface area contributed by atoms with E-state index in [1.54, 1.807) is 0 Å². The average molecular weight is 378 g/mol. The van der Waals surface area contributed by atoms with Crippen molar-refractivity contribution in [2.24, 2.45) is 11.3 Å². The number of fused-ring (bicyclic) bond motifs is 1. The number of hydrogen-bond acceptors (Lipinski definition) is 2. The van der Waals surface area contributed by atoms with Crippen LogP contribution in [0.25, 0.3) is 0 Å². The molecule has 2 fully saturated rings. The maximum absolute atomic E-state index is 14.1. The second kappa shape index (κ2) is 7.36. The summed E-state index contributed by atoms with van der Waals surface area (Å²) in [4.78, 5) is 16.2. The van der Waals surface area contributed by atoms with Gasteiger partial charge in [-0.15, -0.1) is 0 Å². The SMILES string of the molecule is CC[C@@H]1CC(CC)(CC)C(=O)N2[C@H](c3ccccc3)CO[C@@]12c1ccccc1. The van der Waals surface area contributed by atoms with Gasteiger partial charge in [0.2, 0.25) is 5.91 Å². The summed E-state index contributed by atoms with van der Waals surface area (Å²) >= 11 is 0. The Labute approximate surface area is 168 Å². The minimum atomic E-state index is -0.665. The summed E-state index contributed by atoms with van der Waals surface area (Å²) in [5.41, 5.74) is 1.31. The summed E-state index contributed by atoms with van der Waals surface area (Å²) in [7, 11) is 0. The van der Waals surface area contributed by atoms with E-state index in [1.165, 1.54) is 0 Å². The number of carbonyl (C=O) groups excluding carboxylic acids is 1. The summed E-state index contributed by atoms with van der Waals surface area (Å²) in [5.74, 6) is 0.540. The molecular formula is C25H31NO2. The van der Waals surface area contributed by atoms with Crippen LogP contribution >= 0.6 is 0 Å². The Morgan fingerprint density at radius 2 is 1.57 bits per heavy atom. The predicted molar refractivity (Wildman–Crippen MR) is 112 cm³/mol. The van der Waals surface area contributed by atoms with Crippen LogP contribution in [0.5, 0.6) is 0 Å². The van der Waals surface area contributed by atoms with Crippen molar-refractivity contribution in [3.8, 4) is 0 Å². The molecule has 0 aliphatic carbocycles. The van der Waals surface area contributed by atoms with Gasteiger partial charge in [-0.1, -0.05) is 81.4 Å². The molecule has 0 saturated carbocycles. The molecule has 3 nitrogen and oxygen atoms in total. The van der Waals surface area contributed by atoms with Gasteiger partial charge in [0.1, 0.15) is 0 Å². The highest BCUT2D eigenvalue weighted by molar-refractivity contribution is 5.85. The maximum atomic E-state index is 14.1. The first-order chi connectivity index (χ1) is 13.6. The fraction of sp³-hybridized carbons (Fsp3) is 0.480. The molecule has 148 valence electrons. The number of amides is 1. The minimum Gasteiger partial charge on any atom is -0.348 e. The molecule has 2 aromatic rings. The van der Waals surface area contributed by atoms with Gasteiger partial charge in [-0.3, -0.25) is 4.79 Å². The van der Waals surface area contributed by atoms with Gasteiger partial charge in [0.15, 0.2) is 5.72 Å². The molecule has 2 aromatic carbocycles. The van der Waals surface area contributed by atoms with Crippen LogP contribution in [-0.2, 0) is 15.3 Å². The molecule has 2 aliphatic rings. The molecule has 4 rings (SSSR count). The molecule has 1 amide bonds. The Balaban J connectivity index is 1.91. The Morgan fingerprint density at radius 3 is 2.14 bits per heavy atom. The third-order valence-corrected chi connectivity index (χ3v) is 7.21. The van der Waals surface area contributed by atoms with Gasteiger partial charge in [0.05, 0.1) is 12.6 Å². The molecular weight excluding hydrogens is 346 g/mol. The van der Waals surface area contributed by atoms with Gasteiger partial charge >= 0.3 is 0 Å². The summed E-state index contributed by atoms with van der Waals surface area (Å²) in [6.07, 6.45) is 3.63. The van der Waals surface area contributed by atoms with Crippen LogP contribution in [0.3, 0.4) is 0 Å². The van der Waals surface area contributed by atoms with Crippen LogP contribution in [-0.4, -0.2) is 17.4 Å². The van der Waals surface area contributed by atoms with Crippen LogP contribution < -0.4 is 0 Å². The second-order valence-electron chi connectivity index (χ2n) is 8.27. The molecule has 0 unspecified atom stereocenters. The number of ether oxygens (including phenoxy) is 1. The van der Waals surface area contributed by atoms with Crippen molar-refractivity contribution >= 4 is 5.91 Å². The number of carbonyl (C=O) groups is 1. The molecule has 0 N–H and O–H groups in total. The lowest BCUT2D eigenvalue weighted by Crippen LogP contribution is -2.61. The van der Waals surface area contributed by atoms with Gasteiger partial charge < -0.3 is 9.64 Å². The number of nitrogens with zero attached hydrogens (tertiary/aromatic N) is 1. The lowest BCUT2D eigenvalue weighted by Gasteiger charge is -2.54. The molecule has 0 bridgehead atoms. The van der Waals surface area contributed by atoms with E-state index in [-0.39, 0.29) is 23.3 Å². The van der Waals surface area contributed by atoms with Crippen LogP contribution in [0.1, 0.15) is 63.6 Å². The lowest BCUT2D eigenvalue weighted by atomic mass is 9.65. The average Bonchev–Trinajstić information content (AvgIpc) is 3.18. The van der Waals surface area contributed by atoms with Crippen molar-refractivity contribution in [2.75, 3.05) is 6.61 Å². The van der Waals surface area contributed by atoms with Crippen molar-refractivity contribution < 1.29 is 9.53 Å². The van der Waals surface area contributed by atoms with Gasteiger partial charge in [0, 0.05) is 16.9 Å². The quantitative estimate of drug-likeness (QED) is 0.671. The largest absolute Gasteiger partial charge is 0.348 e. The zero-order valence-electron chi connectivity index (χ0n) is 17.2.